The highest BCUT2D eigenvalue weighted by Crippen LogP contribution is 2.41. The third-order valence-corrected chi connectivity index (χ3v) is 3.75. The Labute approximate surface area is 83.5 Å². The Morgan fingerprint density at radius 1 is 1.50 bits per heavy atom. The fourth-order valence-corrected chi connectivity index (χ4v) is 2.57. The number of H-pyrrole nitrogens is 1. The summed E-state index contributed by atoms with van der Waals surface area (Å²) in [5, 5.41) is 0. The van der Waals surface area contributed by atoms with Crippen molar-refractivity contribution in [3.8, 4) is 0 Å². The van der Waals surface area contributed by atoms with E-state index < -0.39 is 0 Å². The van der Waals surface area contributed by atoms with Crippen LogP contribution in [0.5, 0.6) is 0 Å². The molecule has 76 valence electrons. The van der Waals surface area contributed by atoms with Gasteiger partial charge in [0.25, 0.3) is 0 Å². The van der Waals surface area contributed by atoms with E-state index in [2.05, 4.69) is 21.8 Å². The molecule has 3 N–H and O–H groups in total. The molecule has 2 aliphatic heterocycles. The predicted molar refractivity (Wildman–Crippen MR) is 55.3 cm³/mol. The summed E-state index contributed by atoms with van der Waals surface area (Å²) in [5.41, 5.74) is 8.28. The molecule has 2 bridgehead atoms. The van der Waals surface area contributed by atoms with Crippen molar-refractivity contribution in [2.45, 2.75) is 32.4 Å². The fourth-order valence-electron chi connectivity index (χ4n) is 2.57. The van der Waals surface area contributed by atoms with Gasteiger partial charge < -0.3 is 15.6 Å². The van der Waals surface area contributed by atoms with E-state index in [0.29, 0.717) is 18.0 Å². The second-order valence-electron chi connectivity index (χ2n) is 4.56. The second kappa shape index (κ2) is 2.51. The van der Waals surface area contributed by atoms with Crippen LogP contribution in [0.1, 0.15) is 17.8 Å². The van der Waals surface area contributed by atoms with Gasteiger partial charge in [0.1, 0.15) is 0 Å². The van der Waals surface area contributed by atoms with E-state index in [1.165, 1.54) is 6.42 Å². The molecule has 14 heavy (non-hydrogen) atoms. The second-order valence-corrected chi connectivity index (χ2v) is 4.56. The van der Waals surface area contributed by atoms with Crippen LogP contribution in [0.25, 0.3) is 0 Å². The molecule has 1 saturated carbocycles. The molecule has 1 aromatic rings. The molecular weight excluding hydrogens is 176 g/mol. The number of fused-ring (bicyclic) bond motifs is 1. The summed E-state index contributed by atoms with van der Waals surface area (Å²) < 4.78 is 0. The van der Waals surface area contributed by atoms with E-state index in [9.17, 15) is 0 Å². The van der Waals surface area contributed by atoms with Gasteiger partial charge in [0, 0.05) is 24.3 Å². The van der Waals surface area contributed by atoms with Gasteiger partial charge in [0.05, 0.1) is 5.69 Å². The minimum atomic E-state index is 0.376. The van der Waals surface area contributed by atoms with Gasteiger partial charge in [-0.2, -0.15) is 0 Å². The van der Waals surface area contributed by atoms with Crippen molar-refractivity contribution in [3.05, 3.63) is 11.4 Å². The van der Waals surface area contributed by atoms with Gasteiger partial charge in [-0.1, -0.05) is 0 Å². The monoisotopic (exact) mass is 192 g/mol. The minimum absolute atomic E-state index is 0.376. The molecule has 4 nitrogen and oxygen atoms in total. The van der Waals surface area contributed by atoms with E-state index in [0.717, 1.165) is 23.9 Å². The number of aryl methyl sites for hydroxylation is 2. The zero-order valence-corrected chi connectivity index (χ0v) is 8.62. The molecular formula is C10H16N4. The van der Waals surface area contributed by atoms with Crippen molar-refractivity contribution in [3.63, 3.8) is 0 Å². The summed E-state index contributed by atoms with van der Waals surface area (Å²) in [7, 11) is 0. The predicted octanol–water partition coefficient (Wildman–Crippen LogP) is 0.562. The Morgan fingerprint density at radius 2 is 2.29 bits per heavy atom. The van der Waals surface area contributed by atoms with Crippen LogP contribution in [0.3, 0.4) is 0 Å². The van der Waals surface area contributed by atoms with Crippen molar-refractivity contribution in [1.82, 2.24) is 9.97 Å². The average molecular weight is 192 g/mol. The molecule has 0 radical (unpaired) electrons. The van der Waals surface area contributed by atoms with Gasteiger partial charge in [-0.15, -0.1) is 0 Å². The number of imidazole rings is 1. The number of anilines is 1. The fraction of sp³-hybridized carbons (Fsp3) is 0.700. The quantitative estimate of drug-likeness (QED) is 0.683. The lowest BCUT2D eigenvalue weighted by molar-refractivity contribution is 0.311. The topological polar surface area (TPSA) is 57.9 Å². The van der Waals surface area contributed by atoms with Crippen molar-refractivity contribution in [2.24, 2.45) is 11.7 Å². The number of hydrogen-bond donors (Lipinski definition) is 2. The van der Waals surface area contributed by atoms with E-state index >= 15 is 0 Å². The standard InChI is InChI=1S/C10H16N4/c1-5-6(2)13-10(12-5)14-4-7-3-8(14)9(7)11/h7-9H,3-4,11H2,1-2H3,(H,12,13). The largest absolute Gasteiger partial charge is 0.338 e. The van der Waals surface area contributed by atoms with Gasteiger partial charge in [-0.05, 0) is 26.2 Å². The van der Waals surface area contributed by atoms with Gasteiger partial charge in [0.15, 0.2) is 0 Å². The number of nitrogens with two attached hydrogens (primary N) is 1. The highest BCUT2D eigenvalue weighted by molar-refractivity contribution is 5.42. The normalized spacial score (nSPS) is 34.8. The number of aromatic amines is 1. The van der Waals surface area contributed by atoms with Crippen LogP contribution in [0.4, 0.5) is 5.95 Å². The van der Waals surface area contributed by atoms with Gasteiger partial charge in [-0.25, -0.2) is 4.98 Å². The van der Waals surface area contributed by atoms with Crippen LogP contribution in [-0.4, -0.2) is 28.6 Å². The zero-order chi connectivity index (χ0) is 9.87. The summed E-state index contributed by atoms with van der Waals surface area (Å²) in [4.78, 5) is 10.2. The molecule has 3 unspecified atom stereocenters. The Kier molecular flexibility index (Phi) is 1.49. The third-order valence-electron chi connectivity index (χ3n) is 3.75. The summed E-state index contributed by atoms with van der Waals surface area (Å²) in [5.74, 6) is 1.71. The number of aromatic nitrogens is 2. The maximum atomic E-state index is 6.02. The number of rotatable bonds is 1. The zero-order valence-electron chi connectivity index (χ0n) is 8.62. The van der Waals surface area contributed by atoms with E-state index in [1.807, 2.05) is 6.92 Å². The first-order chi connectivity index (χ1) is 6.66. The lowest BCUT2D eigenvalue weighted by Crippen LogP contribution is -2.49. The number of nitrogens with one attached hydrogen (secondary N) is 1. The Bertz CT molecular complexity index is 351. The van der Waals surface area contributed by atoms with E-state index in [4.69, 9.17) is 5.73 Å². The Hall–Kier alpha value is -1.03. The first-order valence-electron chi connectivity index (χ1n) is 5.22. The van der Waals surface area contributed by atoms with Crippen molar-refractivity contribution < 1.29 is 0 Å². The van der Waals surface area contributed by atoms with Crippen molar-refractivity contribution >= 4 is 5.95 Å². The maximum absolute atomic E-state index is 6.02. The molecule has 1 aliphatic carbocycles. The SMILES string of the molecule is Cc1nc(N2CC3CC2C3N)[nH]c1C. The molecule has 4 heteroatoms. The molecule has 3 atom stereocenters. The van der Waals surface area contributed by atoms with Crippen molar-refractivity contribution in [1.29, 1.82) is 0 Å². The molecule has 0 aromatic carbocycles. The first kappa shape index (κ1) is 8.29. The summed E-state index contributed by atoms with van der Waals surface area (Å²) in [6, 6.07) is 0.908. The lowest BCUT2D eigenvalue weighted by atomic mass is 9.81. The molecule has 2 saturated heterocycles. The molecule has 0 amide bonds. The highest BCUT2D eigenvalue weighted by atomic mass is 15.3. The van der Waals surface area contributed by atoms with Gasteiger partial charge >= 0.3 is 0 Å². The van der Waals surface area contributed by atoms with Crippen LogP contribution in [0, 0.1) is 19.8 Å². The molecule has 4 rings (SSSR count). The van der Waals surface area contributed by atoms with E-state index in [1.54, 1.807) is 0 Å². The van der Waals surface area contributed by atoms with Crippen LogP contribution in [0.15, 0.2) is 0 Å². The van der Waals surface area contributed by atoms with Crippen LogP contribution in [0.2, 0.25) is 0 Å². The highest BCUT2D eigenvalue weighted by Gasteiger charge is 2.50. The Balaban J connectivity index is 1.90. The summed E-state index contributed by atoms with van der Waals surface area (Å²) in [6.45, 7) is 5.18. The molecule has 3 heterocycles. The summed E-state index contributed by atoms with van der Waals surface area (Å²) in [6.07, 6.45) is 1.25. The summed E-state index contributed by atoms with van der Waals surface area (Å²) >= 11 is 0. The van der Waals surface area contributed by atoms with Crippen LogP contribution in [-0.2, 0) is 0 Å². The maximum Gasteiger partial charge on any atom is 0.203 e. The first-order valence-corrected chi connectivity index (χ1v) is 5.22. The van der Waals surface area contributed by atoms with Crippen molar-refractivity contribution in [2.75, 3.05) is 11.4 Å². The third kappa shape index (κ3) is 0.892. The number of hydrogen-bond acceptors (Lipinski definition) is 3. The van der Waals surface area contributed by atoms with Gasteiger partial charge in [-0.3, -0.25) is 0 Å². The smallest absolute Gasteiger partial charge is 0.203 e. The lowest BCUT2D eigenvalue weighted by Gasteiger charge is -2.33. The number of nitrogens with zero attached hydrogens (tertiary/aromatic N) is 2. The Morgan fingerprint density at radius 3 is 2.71 bits per heavy atom. The van der Waals surface area contributed by atoms with Gasteiger partial charge in [0.2, 0.25) is 5.95 Å². The minimum Gasteiger partial charge on any atom is -0.338 e. The molecule has 1 aromatic heterocycles. The van der Waals surface area contributed by atoms with E-state index in [-0.39, 0.29) is 0 Å². The average Bonchev–Trinajstić information content (AvgIpc) is 2.78. The molecule has 3 aliphatic rings. The van der Waals surface area contributed by atoms with Crippen LogP contribution < -0.4 is 10.6 Å². The molecule has 3 fully saturated rings. The molecule has 0 spiro atoms. The van der Waals surface area contributed by atoms with Crippen LogP contribution >= 0.6 is 0 Å².